The summed E-state index contributed by atoms with van der Waals surface area (Å²) in [6, 6.07) is 14.1. The number of benzene rings is 1. The zero-order chi connectivity index (χ0) is 13.1. The maximum Gasteiger partial charge on any atom is 0.0975 e. The number of hydrogen-bond acceptors (Lipinski definition) is 3. The first-order valence-corrected chi connectivity index (χ1v) is 5.72. The summed E-state index contributed by atoms with van der Waals surface area (Å²) in [4.78, 5) is 0. The number of rotatable bonds is 1. The van der Waals surface area contributed by atoms with Crippen molar-refractivity contribution in [3.05, 3.63) is 58.4 Å². The summed E-state index contributed by atoms with van der Waals surface area (Å²) in [5.41, 5.74) is 3.85. The summed E-state index contributed by atoms with van der Waals surface area (Å²) < 4.78 is 0. The smallest absolute Gasteiger partial charge is 0.0975 e. The lowest BCUT2D eigenvalue weighted by Gasteiger charge is -2.26. The largest absolute Gasteiger partial charge is 0.412 e. The molecule has 19 heavy (non-hydrogen) atoms. The van der Waals surface area contributed by atoms with Gasteiger partial charge in [-0.05, 0) is 19.4 Å². The van der Waals surface area contributed by atoms with Crippen LogP contribution in [0.25, 0.3) is 0 Å². The third-order valence-electron chi connectivity index (χ3n) is 3.13. The summed E-state index contributed by atoms with van der Waals surface area (Å²) in [6.07, 6.45) is 0. The fourth-order valence-electron chi connectivity index (χ4n) is 2.27. The molecule has 0 saturated carbocycles. The average molecular weight is 253 g/mol. The van der Waals surface area contributed by atoms with Gasteiger partial charge in [0.05, 0.1) is 29.2 Å². The topological polar surface area (TPSA) is 91.1 Å². The number of dihydropyridines is 1. The molecular weight excluding hydrogens is 238 g/mol. The van der Waals surface area contributed by atoms with E-state index in [2.05, 4.69) is 17.5 Å². The molecule has 0 fully saturated rings. The van der Waals surface area contributed by atoms with Crippen LogP contribution < -0.4 is 5.32 Å². The van der Waals surface area contributed by atoms with Crippen molar-refractivity contribution >= 4 is 0 Å². The van der Waals surface area contributed by atoms with Crippen molar-refractivity contribution in [3.8, 4) is 12.1 Å². The van der Waals surface area contributed by atoms with E-state index in [9.17, 15) is 10.5 Å². The van der Waals surface area contributed by atoms with Crippen LogP contribution in [0.2, 0.25) is 0 Å². The highest BCUT2D eigenvalue weighted by Crippen LogP contribution is 2.36. The van der Waals surface area contributed by atoms with Crippen LogP contribution in [-0.4, -0.2) is 5.48 Å². The van der Waals surface area contributed by atoms with Gasteiger partial charge >= 0.3 is 0 Å². The van der Waals surface area contributed by atoms with Gasteiger partial charge in [-0.15, -0.1) is 0 Å². The molecule has 96 valence electrons. The molecule has 0 spiro atoms. The lowest BCUT2D eigenvalue weighted by molar-refractivity contribution is 0.814. The SMILES string of the molecule is CC1=C(C#N)C(c2ccccc2)C(C#N)=C(C)N1.O. The molecule has 1 aromatic rings. The molecule has 0 unspecified atom stereocenters. The Morgan fingerprint density at radius 1 is 0.947 bits per heavy atom. The Bertz CT molecular complexity index is 579. The number of hydrogen-bond donors (Lipinski definition) is 1. The summed E-state index contributed by atoms with van der Waals surface area (Å²) in [5.74, 6) is -0.248. The zero-order valence-corrected chi connectivity index (χ0v) is 10.9. The fourth-order valence-corrected chi connectivity index (χ4v) is 2.27. The molecule has 0 saturated heterocycles. The third kappa shape index (κ3) is 2.49. The second-order valence-electron chi connectivity index (χ2n) is 4.27. The monoisotopic (exact) mass is 253 g/mol. The van der Waals surface area contributed by atoms with Gasteiger partial charge in [-0.3, -0.25) is 0 Å². The minimum Gasteiger partial charge on any atom is -0.412 e. The van der Waals surface area contributed by atoms with E-state index in [0.717, 1.165) is 17.0 Å². The van der Waals surface area contributed by atoms with Crippen LogP contribution in [0.15, 0.2) is 52.9 Å². The van der Waals surface area contributed by atoms with Crippen LogP contribution in [0.4, 0.5) is 0 Å². The predicted molar refractivity (Wildman–Crippen MR) is 72.6 cm³/mol. The molecule has 1 aromatic carbocycles. The summed E-state index contributed by atoms with van der Waals surface area (Å²) in [6.45, 7) is 3.73. The highest BCUT2D eigenvalue weighted by Gasteiger charge is 2.28. The molecule has 1 heterocycles. The maximum absolute atomic E-state index is 9.31. The van der Waals surface area contributed by atoms with Crippen LogP contribution in [0, 0.1) is 22.7 Å². The van der Waals surface area contributed by atoms with Gasteiger partial charge in [0.25, 0.3) is 0 Å². The third-order valence-corrected chi connectivity index (χ3v) is 3.13. The van der Waals surface area contributed by atoms with Crippen molar-refractivity contribution in [2.24, 2.45) is 0 Å². The molecule has 1 aliphatic rings. The van der Waals surface area contributed by atoms with Crippen molar-refractivity contribution in [2.75, 3.05) is 0 Å². The highest BCUT2D eigenvalue weighted by atomic mass is 16.0. The molecule has 0 bridgehead atoms. The Balaban J connectivity index is 0.00000180. The molecule has 4 nitrogen and oxygen atoms in total. The van der Waals surface area contributed by atoms with Gasteiger partial charge < -0.3 is 10.8 Å². The Kier molecular flexibility index (Phi) is 4.47. The molecule has 0 atom stereocenters. The highest BCUT2D eigenvalue weighted by molar-refractivity contribution is 5.54. The van der Waals surface area contributed by atoms with Crippen LogP contribution >= 0.6 is 0 Å². The normalized spacial score (nSPS) is 15.2. The van der Waals surface area contributed by atoms with Crippen molar-refractivity contribution in [1.29, 1.82) is 10.5 Å². The van der Waals surface area contributed by atoms with Gasteiger partial charge in [-0.25, -0.2) is 0 Å². The average Bonchev–Trinajstić information content (AvgIpc) is 2.39. The molecule has 2 rings (SSSR count). The lowest BCUT2D eigenvalue weighted by atomic mass is 9.82. The van der Waals surface area contributed by atoms with Gasteiger partial charge in [0.15, 0.2) is 0 Å². The zero-order valence-electron chi connectivity index (χ0n) is 10.9. The van der Waals surface area contributed by atoms with Gasteiger partial charge in [-0.2, -0.15) is 10.5 Å². The minimum atomic E-state index is -0.248. The number of nitriles is 2. The van der Waals surface area contributed by atoms with Crippen LogP contribution in [0.5, 0.6) is 0 Å². The first-order chi connectivity index (χ1) is 8.69. The fraction of sp³-hybridized carbons (Fsp3) is 0.200. The molecule has 1 aliphatic heterocycles. The Hall–Kier alpha value is -2.56. The summed E-state index contributed by atoms with van der Waals surface area (Å²) in [5, 5.41) is 21.7. The van der Waals surface area contributed by atoms with Crippen LogP contribution in [0.3, 0.4) is 0 Å². The van der Waals surface area contributed by atoms with E-state index in [1.165, 1.54) is 0 Å². The van der Waals surface area contributed by atoms with Crippen molar-refractivity contribution in [3.63, 3.8) is 0 Å². The molecule has 3 N–H and O–H groups in total. The quantitative estimate of drug-likeness (QED) is 0.831. The van der Waals surface area contributed by atoms with E-state index in [0.29, 0.717) is 11.1 Å². The molecular formula is C15H15N3O. The molecule has 4 heteroatoms. The van der Waals surface area contributed by atoms with E-state index < -0.39 is 0 Å². The Morgan fingerprint density at radius 2 is 1.42 bits per heavy atom. The van der Waals surface area contributed by atoms with Gasteiger partial charge in [-0.1, -0.05) is 30.3 Å². The van der Waals surface area contributed by atoms with Crippen molar-refractivity contribution in [1.82, 2.24) is 5.32 Å². The van der Waals surface area contributed by atoms with Crippen molar-refractivity contribution < 1.29 is 5.48 Å². The summed E-state index contributed by atoms with van der Waals surface area (Å²) >= 11 is 0. The van der Waals surface area contributed by atoms with E-state index in [4.69, 9.17) is 0 Å². The molecule has 0 aliphatic carbocycles. The molecule has 0 radical (unpaired) electrons. The standard InChI is InChI=1S/C15H13N3.H2O/c1-10-13(8-16)15(12-6-4-3-5-7-12)14(9-17)11(2)18-10;/h3-7,15,18H,1-2H3;1H2. The maximum atomic E-state index is 9.31. The molecule has 0 amide bonds. The van der Waals surface area contributed by atoms with Gasteiger partial charge in [0.2, 0.25) is 0 Å². The number of nitrogens with zero attached hydrogens (tertiary/aromatic N) is 2. The number of allylic oxidation sites excluding steroid dienone is 4. The van der Waals surface area contributed by atoms with E-state index in [-0.39, 0.29) is 11.4 Å². The summed E-state index contributed by atoms with van der Waals surface area (Å²) in [7, 11) is 0. The predicted octanol–water partition coefficient (Wildman–Crippen LogP) is 2.14. The number of nitrogens with one attached hydrogen (secondary N) is 1. The Labute approximate surface area is 112 Å². The van der Waals surface area contributed by atoms with E-state index >= 15 is 0 Å². The lowest BCUT2D eigenvalue weighted by Crippen LogP contribution is -2.23. The van der Waals surface area contributed by atoms with E-state index in [1.54, 1.807) is 0 Å². The van der Waals surface area contributed by atoms with Crippen molar-refractivity contribution in [2.45, 2.75) is 19.8 Å². The second kappa shape index (κ2) is 5.86. The van der Waals surface area contributed by atoms with Crippen LogP contribution in [-0.2, 0) is 0 Å². The van der Waals surface area contributed by atoms with Crippen LogP contribution in [0.1, 0.15) is 25.3 Å². The Morgan fingerprint density at radius 3 is 1.84 bits per heavy atom. The van der Waals surface area contributed by atoms with E-state index in [1.807, 2.05) is 44.2 Å². The first-order valence-electron chi connectivity index (χ1n) is 5.72. The van der Waals surface area contributed by atoms with Gasteiger partial charge in [0, 0.05) is 11.4 Å². The van der Waals surface area contributed by atoms with Gasteiger partial charge in [0.1, 0.15) is 0 Å². The minimum absolute atomic E-state index is 0. The second-order valence-corrected chi connectivity index (χ2v) is 4.27. The molecule has 0 aromatic heterocycles. The first kappa shape index (κ1) is 14.5.